The first-order valence-corrected chi connectivity index (χ1v) is 10.1. The first-order chi connectivity index (χ1) is 12.4. The molecule has 140 valence electrons. The van der Waals surface area contributed by atoms with Gasteiger partial charge in [-0.1, -0.05) is 26.0 Å². The summed E-state index contributed by atoms with van der Waals surface area (Å²) < 4.78 is 31.0. The van der Waals surface area contributed by atoms with Gasteiger partial charge in [-0.15, -0.1) is 0 Å². The summed E-state index contributed by atoms with van der Waals surface area (Å²) in [6, 6.07) is 13.9. The van der Waals surface area contributed by atoms with E-state index in [1.54, 1.807) is 6.21 Å². The molecule has 0 aliphatic heterocycles. The number of nitrogens with one attached hydrogen (secondary N) is 1. The minimum absolute atomic E-state index is 0.147. The van der Waals surface area contributed by atoms with Crippen LogP contribution in [0.4, 0.5) is 11.4 Å². The Hall–Kier alpha value is -2.38. The zero-order valence-corrected chi connectivity index (χ0v) is 15.9. The Morgan fingerprint density at radius 1 is 1.00 bits per heavy atom. The van der Waals surface area contributed by atoms with Crippen molar-refractivity contribution in [1.29, 1.82) is 0 Å². The maximum Gasteiger partial charge on any atom is 0.294 e. The largest absolute Gasteiger partial charge is 0.372 e. The van der Waals surface area contributed by atoms with E-state index >= 15 is 0 Å². The highest BCUT2D eigenvalue weighted by molar-refractivity contribution is 7.85. The van der Waals surface area contributed by atoms with Crippen LogP contribution in [-0.4, -0.2) is 32.3 Å². The highest BCUT2D eigenvalue weighted by atomic mass is 32.2. The van der Waals surface area contributed by atoms with Gasteiger partial charge in [-0.2, -0.15) is 13.5 Å². The third kappa shape index (κ3) is 5.86. The lowest BCUT2D eigenvalue weighted by Crippen LogP contribution is -2.24. The fourth-order valence-corrected chi connectivity index (χ4v) is 3.04. The van der Waals surface area contributed by atoms with Gasteiger partial charge in [0, 0.05) is 18.8 Å². The highest BCUT2D eigenvalue weighted by Gasteiger charge is 2.08. The third-order valence-corrected chi connectivity index (χ3v) is 4.67. The monoisotopic (exact) mass is 375 g/mol. The van der Waals surface area contributed by atoms with Crippen LogP contribution in [0.3, 0.4) is 0 Å². The molecule has 0 bridgehead atoms. The van der Waals surface area contributed by atoms with Crippen LogP contribution in [0.5, 0.6) is 0 Å². The van der Waals surface area contributed by atoms with E-state index in [1.165, 1.54) is 30.0 Å². The van der Waals surface area contributed by atoms with Crippen molar-refractivity contribution >= 4 is 27.7 Å². The summed E-state index contributed by atoms with van der Waals surface area (Å²) in [6.45, 7) is 6.44. The Morgan fingerprint density at radius 2 is 1.58 bits per heavy atom. The Kier molecular flexibility index (Phi) is 7.17. The molecule has 6 nitrogen and oxygen atoms in total. The first-order valence-electron chi connectivity index (χ1n) is 8.65. The fraction of sp³-hybridized carbons (Fsp3) is 0.316. The number of nitrogens with zero attached hydrogens (tertiary/aromatic N) is 2. The predicted molar refractivity (Wildman–Crippen MR) is 107 cm³/mol. The Labute approximate surface area is 155 Å². The van der Waals surface area contributed by atoms with Gasteiger partial charge in [-0.05, 0) is 54.8 Å². The summed E-state index contributed by atoms with van der Waals surface area (Å²) in [5.74, 6) is 0. The SMILES string of the molecule is CCCN(CCC)c1ccc(C=NNc2ccc(S(=O)(=O)O)cc2)cc1. The van der Waals surface area contributed by atoms with E-state index in [1.807, 2.05) is 12.1 Å². The van der Waals surface area contributed by atoms with Gasteiger partial charge >= 0.3 is 0 Å². The van der Waals surface area contributed by atoms with Crippen LogP contribution in [0, 0.1) is 0 Å². The van der Waals surface area contributed by atoms with Gasteiger partial charge in [-0.25, -0.2) is 0 Å². The average molecular weight is 375 g/mol. The second kappa shape index (κ2) is 9.35. The van der Waals surface area contributed by atoms with Gasteiger partial charge < -0.3 is 4.90 Å². The van der Waals surface area contributed by atoms with Gasteiger partial charge in [0.05, 0.1) is 16.8 Å². The first kappa shape index (κ1) is 19.9. The van der Waals surface area contributed by atoms with Crippen molar-refractivity contribution in [3.05, 3.63) is 54.1 Å². The van der Waals surface area contributed by atoms with E-state index in [9.17, 15) is 8.42 Å². The van der Waals surface area contributed by atoms with Crippen LogP contribution in [0.25, 0.3) is 0 Å². The topological polar surface area (TPSA) is 82.0 Å². The normalized spacial score (nSPS) is 11.7. The summed E-state index contributed by atoms with van der Waals surface area (Å²) in [5.41, 5.74) is 5.63. The molecule has 0 radical (unpaired) electrons. The molecule has 0 atom stereocenters. The molecule has 0 aliphatic carbocycles. The number of hydrogen-bond acceptors (Lipinski definition) is 5. The summed E-state index contributed by atoms with van der Waals surface area (Å²) in [5, 5.41) is 4.15. The van der Waals surface area contributed by atoms with E-state index in [0.717, 1.165) is 31.5 Å². The summed E-state index contributed by atoms with van der Waals surface area (Å²) in [6.07, 6.45) is 3.93. The second-order valence-electron chi connectivity index (χ2n) is 5.95. The number of rotatable bonds is 9. The smallest absolute Gasteiger partial charge is 0.294 e. The van der Waals surface area contributed by atoms with Crippen molar-refractivity contribution in [2.45, 2.75) is 31.6 Å². The number of benzene rings is 2. The molecular weight excluding hydrogens is 350 g/mol. The molecule has 0 aromatic heterocycles. The van der Waals surface area contributed by atoms with E-state index in [-0.39, 0.29) is 4.90 Å². The third-order valence-electron chi connectivity index (χ3n) is 3.80. The molecule has 0 fully saturated rings. The molecule has 2 N–H and O–H groups in total. The molecule has 0 heterocycles. The Morgan fingerprint density at radius 3 is 2.08 bits per heavy atom. The van der Waals surface area contributed by atoms with Crippen LogP contribution in [-0.2, 0) is 10.1 Å². The minimum Gasteiger partial charge on any atom is -0.372 e. The maximum atomic E-state index is 11.0. The van der Waals surface area contributed by atoms with Crippen molar-refractivity contribution in [1.82, 2.24) is 0 Å². The van der Waals surface area contributed by atoms with Crippen LogP contribution in [0.1, 0.15) is 32.3 Å². The highest BCUT2D eigenvalue weighted by Crippen LogP contribution is 2.16. The van der Waals surface area contributed by atoms with E-state index in [0.29, 0.717) is 5.69 Å². The van der Waals surface area contributed by atoms with E-state index < -0.39 is 10.1 Å². The predicted octanol–water partition coefficient (Wildman–Crippen LogP) is 4.01. The molecule has 2 aromatic rings. The van der Waals surface area contributed by atoms with Crippen LogP contribution in [0.2, 0.25) is 0 Å². The molecule has 26 heavy (non-hydrogen) atoms. The van der Waals surface area contributed by atoms with Crippen LogP contribution < -0.4 is 10.3 Å². The van der Waals surface area contributed by atoms with E-state index in [2.05, 4.69) is 41.4 Å². The standard InChI is InChI=1S/C19H25N3O3S/c1-3-13-22(14-4-2)18-9-5-16(6-10-18)15-20-21-17-7-11-19(12-8-17)26(23,24)25/h5-12,15,21H,3-4,13-14H2,1-2H3,(H,23,24,25). The molecule has 0 saturated carbocycles. The van der Waals surface area contributed by atoms with Gasteiger partial charge in [0.2, 0.25) is 0 Å². The number of anilines is 2. The van der Waals surface area contributed by atoms with Crippen molar-refractivity contribution in [3.63, 3.8) is 0 Å². The van der Waals surface area contributed by atoms with Gasteiger partial charge in [0.25, 0.3) is 10.1 Å². The molecule has 0 saturated heterocycles. The molecule has 7 heteroatoms. The fourth-order valence-electron chi connectivity index (χ4n) is 2.56. The second-order valence-corrected chi connectivity index (χ2v) is 7.37. The molecule has 0 spiro atoms. The number of hydrogen-bond donors (Lipinski definition) is 2. The molecule has 2 aromatic carbocycles. The van der Waals surface area contributed by atoms with Gasteiger partial charge in [0.15, 0.2) is 0 Å². The lowest BCUT2D eigenvalue weighted by molar-refractivity contribution is 0.483. The van der Waals surface area contributed by atoms with Crippen molar-refractivity contribution in [2.75, 3.05) is 23.4 Å². The number of hydrazone groups is 1. The van der Waals surface area contributed by atoms with Gasteiger partial charge in [-0.3, -0.25) is 9.98 Å². The summed E-state index contributed by atoms with van der Waals surface area (Å²) in [4.78, 5) is 2.22. The molecule has 0 aliphatic rings. The molecular formula is C19H25N3O3S. The van der Waals surface area contributed by atoms with Crippen LogP contribution in [0.15, 0.2) is 58.5 Å². The Bertz CT molecular complexity index is 810. The molecule has 2 rings (SSSR count). The van der Waals surface area contributed by atoms with Crippen molar-refractivity contribution in [2.24, 2.45) is 5.10 Å². The average Bonchev–Trinajstić information content (AvgIpc) is 2.62. The minimum atomic E-state index is -4.17. The van der Waals surface area contributed by atoms with E-state index in [4.69, 9.17) is 4.55 Å². The maximum absolute atomic E-state index is 11.0. The lowest BCUT2D eigenvalue weighted by Gasteiger charge is -2.23. The molecule has 0 amide bonds. The van der Waals surface area contributed by atoms with Crippen molar-refractivity contribution in [3.8, 4) is 0 Å². The summed E-state index contributed by atoms with van der Waals surface area (Å²) >= 11 is 0. The zero-order valence-electron chi connectivity index (χ0n) is 15.1. The van der Waals surface area contributed by atoms with Gasteiger partial charge in [0.1, 0.15) is 0 Å². The van der Waals surface area contributed by atoms with Crippen LogP contribution >= 0.6 is 0 Å². The zero-order chi connectivity index (χ0) is 19.0. The quantitative estimate of drug-likeness (QED) is 0.393. The Balaban J connectivity index is 1.98. The summed E-state index contributed by atoms with van der Waals surface area (Å²) in [7, 11) is -4.17. The lowest BCUT2D eigenvalue weighted by atomic mass is 10.2. The molecule has 0 unspecified atom stereocenters. The van der Waals surface area contributed by atoms with Crippen molar-refractivity contribution < 1.29 is 13.0 Å².